The Hall–Kier alpha value is -1.81. The molecule has 1 saturated heterocycles. The van der Waals surface area contributed by atoms with Gasteiger partial charge in [0.1, 0.15) is 0 Å². The monoisotopic (exact) mass is 284 g/mol. The van der Waals surface area contributed by atoms with Crippen LogP contribution in [0.1, 0.15) is 24.1 Å². The van der Waals surface area contributed by atoms with Gasteiger partial charge in [0.05, 0.1) is 5.69 Å². The van der Waals surface area contributed by atoms with Crippen LogP contribution in [0.3, 0.4) is 0 Å². The van der Waals surface area contributed by atoms with Gasteiger partial charge in [-0.05, 0) is 25.3 Å². The Kier molecular flexibility index (Phi) is 4.25. The van der Waals surface area contributed by atoms with E-state index in [0.29, 0.717) is 6.04 Å². The van der Waals surface area contributed by atoms with Crippen molar-refractivity contribution in [3.05, 3.63) is 47.8 Å². The van der Waals surface area contributed by atoms with Gasteiger partial charge in [0.2, 0.25) is 5.95 Å². The van der Waals surface area contributed by atoms with Gasteiger partial charge in [0, 0.05) is 38.9 Å². The number of aryl methyl sites for hydroxylation is 2. The molecule has 4 nitrogen and oxygen atoms in total. The minimum atomic E-state index is 0.539. The smallest absolute Gasteiger partial charge is 0.202 e. The predicted octanol–water partition coefficient (Wildman–Crippen LogP) is 2.81. The third-order valence-electron chi connectivity index (χ3n) is 4.17. The van der Waals surface area contributed by atoms with Crippen molar-refractivity contribution in [3.8, 4) is 0 Å². The molecule has 1 aliphatic heterocycles. The molecule has 1 fully saturated rings. The molecule has 0 aliphatic carbocycles. The Labute approximate surface area is 126 Å². The van der Waals surface area contributed by atoms with Gasteiger partial charge < -0.3 is 9.88 Å². The quantitative estimate of drug-likeness (QED) is 0.937. The number of piperidine rings is 1. The summed E-state index contributed by atoms with van der Waals surface area (Å²) in [5.41, 5.74) is 2.48. The highest BCUT2D eigenvalue weighted by molar-refractivity contribution is 5.30. The number of hydrogen-bond acceptors (Lipinski definition) is 3. The molecule has 112 valence electrons. The third kappa shape index (κ3) is 3.64. The van der Waals surface area contributed by atoms with E-state index in [0.717, 1.165) is 31.3 Å². The maximum Gasteiger partial charge on any atom is 0.202 e. The molecule has 0 atom stereocenters. The summed E-state index contributed by atoms with van der Waals surface area (Å²) in [4.78, 5) is 7.07. The van der Waals surface area contributed by atoms with Gasteiger partial charge in [0.15, 0.2) is 0 Å². The molecule has 0 radical (unpaired) electrons. The standard InChI is InChI=1S/C17H24N4/c1-14-12-20(2)17(18-14)19-16-8-10-21(11-9-16)13-15-6-4-3-5-7-15/h3-7,12,16H,8-11,13H2,1-2H3,(H,18,19). The predicted molar refractivity (Wildman–Crippen MR) is 86.3 cm³/mol. The summed E-state index contributed by atoms with van der Waals surface area (Å²) in [5.74, 6) is 0.994. The van der Waals surface area contributed by atoms with E-state index in [9.17, 15) is 0 Å². The van der Waals surface area contributed by atoms with E-state index in [1.165, 1.54) is 18.4 Å². The van der Waals surface area contributed by atoms with Crippen LogP contribution in [0.5, 0.6) is 0 Å². The molecular formula is C17H24N4. The average Bonchev–Trinajstić information content (AvgIpc) is 2.80. The zero-order valence-electron chi connectivity index (χ0n) is 12.9. The second kappa shape index (κ2) is 6.31. The molecule has 0 spiro atoms. The van der Waals surface area contributed by atoms with Crippen LogP contribution >= 0.6 is 0 Å². The molecule has 0 saturated carbocycles. The Morgan fingerprint density at radius 1 is 1.19 bits per heavy atom. The van der Waals surface area contributed by atoms with Crippen molar-refractivity contribution in [2.24, 2.45) is 7.05 Å². The van der Waals surface area contributed by atoms with Crippen molar-refractivity contribution < 1.29 is 0 Å². The molecule has 0 bridgehead atoms. The number of nitrogens with one attached hydrogen (secondary N) is 1. The summed E-state index contributed by atoms with van der Waals surface area (Å²) in [5, 5.41) is 3.58. The lowest BCUT2D eigenvalue weighted by molar-refractivity contribution is 0.211. The van der Waals surface area contributed by atoms with Gasteiger partial charge in [-0.15, -0.1) is 0 Å². The minimum Gasteiger partial charge on any atom is -0.353 e. The fourth-order valence-electron chi connectivity index (χ4n) is 3.01. The molecule has 3 rings (SSSR count). The van der Waals surface area contributed by atoms with E-state index < -0.39 is 0 Å². The van der Waals surface area contributed by atoms with Crippen molar-refractivity contribution in [1.82, 2.24) is 14.5 Å². The molecule has 4 heteroatoms. The summed E-state index contributed by atoms with van der Waals surface area (Å²) >= 11 is 0. The maximum absolute atomic E-state index is 4.53. The Morgan fingerprint density at radius 2 is 1.90 bits per heavy atom. The first-order valence-corrected chi connectivity index (χ1v) is 7.73. The van der Waals surface area contributed by atoms with Crippen molar-refractivity contribution >= 4 is 5.95 Å². The highest BCUT2D eigenvalue weighted by Crippen LogP contribution is 2.17. The lowest BCUT2D eigenvalue weighted by atomic mass is 10.0. The third-order valence-corrected chi connectivity index (χ3v) is 4.17. The second-order valence-corrected chi connectivity index (χ2v) is 6.00. The highest BCUT2D eigenvalue weighted by Gasteiger charge is 2.20. The van der Waals surface area contributed by atoms with Gasteiger partial charge in [-0.25, -0.2) is 4.98 Å². The molecular weight excluding hydrogens is 260 g/mol. The minimum absolute atomic E-state index is 0.539. The van der Waals surface area contributed by atoms with E-state index in [2.05, 4.69) is 56.3 Å². The van der Waals surface area contributed by atoms with Crippen molar-refractivity contribution in [3.63, 3.8) is 0 Å². The van der Waals surface area contributed by atoms with Gasteiger partial charge >= 0.3 is 0 Å². The number of nitrogens with zero attached hydrogens (tertiary/aromatic N) is 3. The first kappa shape index (κ1) is 14.1. The van der Waals surface area contributed by atoms with Crippen LogP contribution in [0.15, 0.2) is 36.5 Å². The molecule has 1 aliphatic rings. The second-order valence-electron chi connectivity index (χ2n) is 6.00. The number of likely N-dealkylation sites (tertiary alicyclic amines) is 1. The Balaban J connectivity index is 1.50. The summed E-state index contributed by atoms with van der Waals surface area (Å²) in [6.07, 6.45) is 4.42. The summed E-state index contributed by atoms with van der Waals surface area (Å²) in [6.45, 7) is 5.40. The number of anilines is 1. The highest BCUT2D eigenvalue weighted by atomic mass is 15.2. The largest absolute Gasteiger partial charge is 0.353 e. The van der Waals surface area contributed by atoms with Crippen molar-refractivity contribution in [1.29, 1.82) is 0 Å². The van der Waals surface area contributed by atoms with E-state index in [-0.39, 0.29) is 0 Å². The van der Waals surface area contributed by atoms with Gasteiger partial charge in [-0.1, -0.05) is 30.3 Å². The number of rotatable bonds is 4. The van der Waals surface area contributed by atoms with Crippen LogP contribution in [0, 0.1) is 6.92 Å². The van der Waals surface area contributed by atoms with Gasteiger partial charge in [0.25, 0.3) is 0 Å². The van der Waals surface area contributed by atoms with Gasteiger partial charge in [-0.3, -0.25) is 4.90 Å². The average molecular weight is 284 g/mol. The van der Waals surface area contributed by atoms with E-state index >= 15 is 0 Å². The van der Waals surface area contributed by atoms with Crippen LogP contribution in [0.25, 0.3) is 0 Å². The molecule has 1 aromatic heterocycles. The molecule has 2 aromatic rings. The van der Waals surface area contributed by atoms with Crippen LogP contribution in [0.4, 0.5) is 5.95 Å². The summed E-state index contributed by atoms with van der Waals surface area (Å²) < 4.78 is 2.08. The van der Waals surface area contributed by atoms with Crippen molar-refractivity contribution in [2.75, 3.05) is 18.4 Å². The van der Waals surface area contributed by atoms with E-state index in [1.807, 2.05) is 14.0 Å². The molecule has 21 heavy (non-hydrogen) atoms. The maximum atomic E-state index is 4.53. The first-order valence-electron chi connectivity index (χ1n) is 7.73. The van der Waals surface area contributed by atoms with Crippen molar-refractivity contribution in [2.45, 2.75) is 32.4 Å². The van der Waals surface area contributed by atoms with E-state index in [4.69, 9.17) is 0 Å². The molecule has 1 aromatic carbocycles. The van der Waals surface area contributed by atoms with Crippen LogP contribution in [-0.2, 0) is 13.6 Å². The number of benzene rings is 1. The molecule has 2 heterocycles. The summed E-state index contributed by atoms with van der Waals surface area (Å²) in [6, 6.07) is 11.3. The molecule has 1 N–H and O–H groups in total. The van der Waals surface area contributed by atoms with Crippen LogP contribution in [-0.4, -0.2) is 33.6 Å². The number of imidazole rings is 1. The summed E-state index contributed by atoms with van der Waals surface area (Å²) in [7, 11) is 2.05. The Morgan fingerprint density at radius 3 is 2.52 bits per heavy atom. The first-order chi connectivity index (χ1) is 10.2. The molecule has 0 amide bonds. The van der Waals surface area contributed by atoms with Gasteiger partial charge in [-0.2, -0.15) is 0 Å². The zero-order chi connectivity index (χ0) is 14.7. The van der Waals surface area contributed by atoms with Crippen LogP contribution < -0.4 is 5.32 Å². The van der Waals surface area contributed by atoms with E-state index in [1.54, 1.807) is 0 Å². The fourth-order valence-corrected chi connectivity index (χ4v) is 3.01. The zero-order valence-corrected chi connectivity index (χ0v) is 12.9. The SMILES string of the molecule is Cc1cn(C)c(NC2CCN(Cc3ccccc3)CC2)n1. The fraction of sp³-hybridized carbons (Fsp3) is 0.471. The Bertz CT molecular complexity index is 568. The number of hydrogen-bond donors (Lipinski definition) is 1. The lowest BCUT2D eigenvalue weighted by Gasteiger charge is -2.32. The topological polar surface area (TPSA) is 33.1 Å². The normalized spacial score (nSPS) is 17.0. The number of aromatic nitrogens is 2. The molecule has 0 unspecified atom stereocenters. The van der Waals surface area contributed by atoms with Crippen LogP contribution in [0.2, 0.25) is 0 Å². The lowest BCUT2D eigenvalue weighted by Crippen LogP contribution is -2.39.